The summed E-state index contributed by atoms with van der Waals surface area (Å²) in [7, 11) is 1.61. The lowest BCUT2D eigenvalue weighted by Crippen LogP contribution is -2.55. The van der Waals surface area contributed by atoms with Gasteiger partial charge in [-0.25, -0.2) is 4.72 Å². The molecule has 0 heterocycles. The molecule has 8 heteroatoms. The molecule has 6 nitrogen and oxygen atoms in total. The lowest BCUT2D eigenvalue weighted by Gasteiger charge is -2.37. The minimum atomic E-state index is -2.59. The van der Waals surface area contributed by atoms with E-state index in [-0.39, 0.29) is 17.3 Å². The van der Waals surface area contributed by atoms with Crippen LogP contribution in [0, 0.1) is 6.92 Å². The first-order chi connectivity index (χ1) is 11.3. The maximum atomic E-state index is 12.7. The van der Waals surface area contributed by atoms with E-state index in [1.54, 1.807) is 24.1 Å². The first-order valence-corrected chi connectivity index (χ1v) is 9.23. The number of aryl methyl sites for hydroxylation is 1. The first kappa shape index (κ1) is 20.7. The summed E-state index contributed by atoms with van der Waals surface area (Å²) in [5.41, 5.74) is 0.336. The number of carbonyl (C=O) groups excluding carboxylic acids is 1. The van der Waals surface area contributed by atoms with Crippen LogP contribution in [0.3, 0.4) is 0 Å². The Hall–Kier alpha value is -1.35. The molecule has 0 spiro atoms. The number of rotatable bonds is 8. The summed E-state index contributed by atoms with van der Waals surface area (Å²) in [6, 6.07) is 7.29. The summed E-state index contributed by atoms with van der Waals surface area (Å²) >= 11 is 2.79. The van der Waals surface area contributed by atoms with Gasteiger partial charge in [0.25, 0.3) is 0 Å². The van der Waals surface area contributed by atoms with Gasteiger partial charge in [0.1, 0.15) is 10.5 Å². The molecule has 1 aromatic rings. The first-order valence-electron chi connectivity index (χ1n) is 7.74. The Bertz CT molecular complexity index is 603. The lowest BCUT2D eigenvalue weighted by molar-refractivity contribution is -0.131. The molecule has 0 radical (unpaired) electrons. The Morgan fingerprint density at radius 3 is 2.25 bits per heavy atom. The van der Waals surface area contributed by atoms with E-state index in [9.17, 15) is 13.6 Å². The molecule has 0 aliphatic carbocycles. The lowest BCUT2D eigenvalue weighted by atomic mass is 9.86. The zero-order valence-corrected chi connectivity index (χ0v) is 16.1. The van der Waals surface area contributed by atoms with Gasteiger partial charge in [-0.15, -0.1) is 0 Å². The van der Waals surface area contributed by atoms with E-state index in [0.717, 1.165) is 5.56 Å². The van der Waals surface area contributed by atoms with Crippen molar-refractivity contribution >= 4 is 34.4 Å². The fourth-order valence-corrected chi connectivity index (χ4v) is 3.45. The number of amides is 1. The van der Waals surface area contributed by atoms with Crippen LogP contribution in [0.1, 0.15) is 31.4 Å². The Morgan fingerprint density at radius 1 is 1.29 bits per heavy atom. The number of nitrogens with one attached hydrogen (secondary N) is 2. The van der Waals surface area contributed by atoms with Gasteiger partial charge < -0.3 is 14.8 Å². The number of hydrogen-bond donors (Lipinski definition) is 2. The molecule has 2 atom stereocenters. The van der Waals surface area contributed by atoms with Gasteiger partial charge in [-0.1, -0.05) is 42.0 Å². The number of likely N-dealkylation sites (N-methyl/N-ethyl adjacent to an activating group) is 1. The standard InChI is InChI=1S/C16H25N3O3S2/c1-5-19(6-2)14(20)11-16(15(23)17-4,18-24(21)22)13-9-7-12(3)8-10-13/h7-10,18H,5-6,11H2,1-4H3,(H,17,23)(H,21,22)/p-1. The average molecular weight is 371 g/mol. The summed E-state index contributed by atoms with van der Waals surface area (Å²) in [4.78, 5) is 14.6. The van der Waals surface area contributed by atoms with Crippen LogP contribution >= 0.6 is 12.2 Å². The predicted octanol–water partition coefficient (Wildman–Crippen LogP) is 1.38. The fraction of sp³-hybridized carbons (Fsp3) is 0.500. The highest BCUT2D eigenvalue weighted by molar-refractivity contribution is 7.80. The van der Waals surface area contributed by atoms with Crippen molar-refractivity contribution in [1.29, 1.82) is 0 Å². The topological polar surface area (TPSA) is 84.5 Å². The Balaban J connectivity index is 3.41. The van der Waals surface area contributed by atoms with Crippen molar-refractivity contribution < 1.29 is 13.6 Å². The summed E-state index contributed by atoms with van der Waals surface area (Å²) < 4.78 is 25.4. The molecular weight excluding hydrogens is 346 g/mol. The van der Waals surface area contributed by atoms with Gasteiger partial charge in [-0.05, 0) is 26.3 Å². The molecule has 0 aliphatic rings. The smallest absolute Gasteiger partial charge is 0.225 e. The molecule has 1 aromatic carbocycles. The van der Waals surface area contributed by atoms with Crippen LogP contribution in [0.4, 0.5) is 0 Å². The van der Waals surface area contributed by atoms with Crippen LogP contribution in [-0.4, -0.2) is 44.7 Å². The van der Waals surface area contributed by atoms with E-state index >= 15 is 0 Å². The second-order valence-corrected chi connectivity index (χ2v) is 6.51. The molecule has 2 N–H and O–H groups in total. The highest BCUT2D eigenvalue weighted by Crippen LogP contribution is 2.28. The molecule has 0 bridgehead atoms. The van der Waals surface area contributed by atoms with Gasteiger partial charge in [0, 0.05) is 31.4 Å². The van der Waals surface area contributed by atoms with Gasteiger partial charge in [-0.2, -0.15) is 0 Å². The number of thiocarbonyl (C=S) groups is 1. The summed E-state index contributed by atoms with van der Waals surface area (Å²) in [5.74, 6) is -0.170. The zero-order chi connectivity index (χ0) is 18.3. The highest BCUT2D eigenvalue weighted by Gasteiger charge is 2.40. The SMILES string of the molecule is CCN(CC)C(=O)CC(NS(=O)[O-])(C(=S)NC)c1ccc(C)cc1. The monoisotopic (exact) mass is 370 g/mol. The Morgan fingerprint density at radius 2 is 1.83 bits per heavy atom. The molecule has 0 fully saturated rings. The highest BCUT2D eigenvalue weighted by atomic mass is 32.2. The minimum absolute atomic E-state index is 0.0919. The van der Waals surface area contributed by atoms with Gasteiger partial charge in [-0.3, -0.25) is 9.00 Å². The van der Waals surface area contributed by atoms with Gasteiger partial charge in [0.2, 0.25) is 5.91 Å². The largest absolute Gasteiger partial charge is 0.760 e. The minimum Gasteiger partial charge on any atom is -0.760 e. The van der Waals surface area contributed by atoms with Crippen molar-refractivity contribution in [2.24, 2.45) is 0 Å². The van der Waals surface area contributed by atoms with E-state index in [1.165, 1.54) is 0 Å². The number of benzene rings is 1. The predicted molar refractivity (Wildman–Crippen MR) is 99.1 cm³/mol. The molecule has 1 amide bonds. The second kappa shape index (κ2) is 9.22. The van der Waals surface area contributed by atoms with Crippen molar-refractivity contribution in [3.05, 3.63) is 35.4 Å². The van der Waals surface area contributed by atoms with Gasteiger partial charge in [0.15, 0.2) is 0 Å². The molecule has 1 rings (SSSR count). The Labute approximate surface area is 151 Å². The van der Waals surface area contributed by atoms with E-state index in [0.29, 0.717) is 18.7 Å². The molecule has 24 heavy (non-hydrogen) atoms. The quantitative estimate of drug-likeness (QED) is 0.533. The van der Waals surface area contributed by atoms with E-state index in [2.05, 4.69) is 10.0 Å². The number of hydrogen-bond acceptors (Lipinski definition) is 4. The average Bonchev–Trinajstić information content (AvgIpc) is 2.54. The van der Waals surface area contributed by atoms with Crippen molar-refractivity contribution in [3.8, 4) is 0 Å². The summed E-state index contributed by atoms with van der Waals surface area (Å²) in [6.45, 7) is 6.79. The molecule has 2 unspecified atom stereocenters. The third kappa shape index (κ3) is 4.83. The van der Waals surface area contributed by atoms with Crippen molar-refractivity contribution in [3.63, 3.8) is 0 Å². The number of nitrogens with zero attached hydrogens (tertiary/aromatic N) is 1. The van der Waals surface area contributed by atoms with Gasteiger partial charge >= 0.3 is 0 Å². The maximum absolute atomic E-state index is 12.7. The third-order valence-corrected chi connectivity index (χ3v) is 5.02. The van der Waals surface area contributed by atoms with E-state index in [4.69, 9.17) is 12.2 Å². The molecule has 0 saturated heterocycles. The van der Waals surface area contributed by atoms with Crippen molar-refractivity contribution in [2.45, 2.75) is 32.7 Å². The second-order valence-electron chi connectivity index (χ2n) is 5.43. The van der Waals surface area contributed by atoms with Crippen LogP contribution in [0.5, 0.6) is 0 Å². The van der Waals surface area contributed by atoms with E-state index in [1.807, 2.05) is 32.9 Å². The normalized spacial score (nSPS) is 14.5. The fourth-order valence-electron chi connectivity index (χ4n) is 2.56. The van der Waals surface area contributed by atoms with E-state index < -0.39 is 16.8 Å². The van der Waals surface area contributed by atoms with Crippen molar-refractivity contribution in [2.75, 3.05) is 20.1 Å². The Kier molecular flexibility index (Phi) is 7.95. The maximum Gasteiger partial charge on any atom is 0.225 e. The zero-order valence-electron chi connectivity index (χ0n) is 14.4. The van der Waals surface area contributed by atoms with Crippen LogP contribution in [0.2, 0.25) is 0 Å². The molecule has 0 aromatic heterocycles. The number of carbonyl (C=O) groups is 1. The van der Waals surface area contributed by atoms with Gasteiger partial charge in [0.05, 0.1) is 6.42 Å². The van der Waals surface area contributed by atoms with Crippen molar-refractivity contribution in [1.82, 2.24) is 14.9 Å². The molecular formula is C16H24N3O3S2-. The summed E-state index contributed by atoms with van der Waals surface area (Å²) in [6.07, 6.45) is -0.0919. The molecule has 0 saturated carbocycles. The van der Waals surface area contributed by atoms with Crippen LogP contribution in [0.25, 0.3) is 0 Å². The molecule has 0 aliphatic heterocycles. The molecule has 134 valence electrons. The third-order valence-electron chi connectivity index (χ3n) is 3.95. The van der Waals surface area contributed by atoms with Crippen LogP contribution in [-0.2, 0) is 21.6 Å². The van der Waals surface area contributed by atoms with Crippen LogP contribution in [0.15, 0.2) is 24.3 Å². The summed E-state index contributed by atoms with van der Waals surface area (Å²) in [5, 5.41) is 2.83. The van der Waals surface area contributed by atoms with Crippen LogP contribution < -0.4 is 10.0 Å².